The highest BCUT2D eigenvalue weighted by molar-refractivity contribution is 5.42. The van der Waals surface area contributed by atoms with E-state index in [1.54, 1.807) is 6.07 Å². The summed E-state index contributed by atoms with van der Waals surface area (Å²) in [4.78, 5) is 1.98. The quantitative estimate of drug-likeness (QED) is 0.763. The van der Waals surface area contributed by atoms with E-state index in [0.29, 0.717) is 12.3 Å². The van der Waals surface area contributed by atoms with Crippen molar-refractivity contribution >= 4 is 0 Å². The fraction of sp³-hybridized carbons (Fsp3) is 0.455. The molecule has 0 radical (unpaired) electrons. The summed E-state index contributed by atoms with van der Waals surface area (Å²) in [6.07, 6.45) is 0. The van der Waals surface area contributed by atoms with Crippen LogP contribution in [-0.4, -0.2) is 29.2 Å². The van der Waals surface area contributed by atoms with Gasteiger partial charge >= 0.3 is 0 Å². The highest BCUT2D eigenvalue weighted by Crippen LogP contribution is 2.24. The van der Waals surface area contributed by atoms with E-state index in [9.17, 15) is 5.11 Å². The lowest BCUT2D eigenvalue weighted by Crippen LogP contribution is -2.11. The van der Waals surface area contributed by atoms with E-state index in [4.69, 9.17) is 5.11 Å². The summed E-state index contributed by atoms with van der Waals surface area (Å²) in [5, 5.41) is 18.8. The number of hydrogen-bond donors (Lipinski definition) is 2. The maximum absolute atomic E-state index is 9.76. The Morgan fingerprint density at radius 2 is 1.93 bits per heavy atom. The van der Waals surface area contributed by atoms with E-state index >= 15 is 0 Å². The summed E-state index contributed by atoms with van der Waals surface area (Å²) in [7, 11) is 3.89. The first-order valence-electron chi connectivity index (χ1n) is 4.61. The van der Waals surface area contributed by atoms with Crippen molar-refractivity contribution in [3.8, 4) is 5.75 Å². The first-order valence-corrected chi connectivity index (χ1v) is 4.61. The first kappa shape index (κ1) is 11.0. The van der Waals surface area contributed by atoms with Crippen LogP contribution < -0.4 is 0 Å². The molecule has 1 aromatic carbocycles. The van der Waals surface area contributed by atoms with Gasteiger partial charge in [-0.2, -0.15) is 0 Å². The van der Waals surface area contributed by atoms with Crippen LogP contribution in [0.25, 0.3) is 0 Å². The van der Waals surface area contributed by atoms with Crippen molar-refractivity contribution in [2.45, 2.75) is 20.1 Å². The highest BCUT2D eigenvalue weighted by Gasteiger charge is 2.07. The molecule has 0 aliphatic carbocycles. The average molecular weight is 195 g/mol. The van der Waals surface area contributed by atoms with Gasteiger partial charge in [-0.15, -0.1) is 0 Å². The van der Waals surface area contributed by atoms with Crippen molar-refractivity contribution in [3.63, 3.8) is 0 Å². The van der Waals surface area contributed by atoms with Crippen molar-refractivity contribution in [3.05, 3.63) is 28.8 Å². The van der Waals surface area contributed by atoms with Gasteiger partial charge in [-0.25, -0.2) is 0 Å². The lowest BCUT2D eigenvalue weighted by atomic mass is 10.0. The largest absolute Gasteiger partial charge is 0.507 e. The Morgan fingerprint density at radius 3 is 2.43 bits per heavy atom. The number of aliphatic hydroxyl groups is 1. The van der Waals surface area contributed by atoms with Crippen molar-refractivity contribution in [1.82, 2.24) is 4.90 Å². The van der Waals surface area contributed by atoms with Crippen LogP contribution >= 0.6 is 0 Å². The molecule has 0 spiro atoms. The second-order valence-corrected chi connectivity index (χ2v) is 3.82. The zero-order valence-corrected chi connectivity index (χ0v) is 8.91. The third-order valence-corrected chi connectivity index (χ3v) is 2.11. The minimum absolute atomic E-state index is 0.0154. The maximum atomic E-state index is 9.76. The van der Waals surface area contributed by atoms with Crippen LogP contribution in [0.1, 0.15) is 16.7 Å². The fourth-order valence-electron chi connectivity index (χ4n) is 1.49. The van der Waals surface area contributed by atoms with Gasteiger partial charge in [0.05, 0.1) is 6.61 Å². The zero-order chi connectivity index (χ0) is 10.7. The van der Waals surface area contributed by atoms with Crippen LogP contribution in [0.15, 0.2) is 12.1 Å². The van der Waals surface area contributed by atoms with Gasteiger partial charge in [0, 0.05) is 12.1 Å². The standard InChI is InChI=1S/C11H17NO2/c1-8-4-9(7-13)5-10(11(8)14)6-12(2)3/h4-5,13-14H,6-7H2,1-3H3. The number of phenols is 1. The van der Waals surface area contributed by atoms with E-state index in [1.165, 1.54) is 0 Å². The smallest absolute Gasteiger partial charge is 0.122 e. The topological polar surface area (TPSA) is 43.7 Å². The van der Waals surface area contributed by atoms with Gasteiger partial charge in [-0.1, -0.05) is 6.07 Å². The lowest BCUT2D eigenvalue weighted by molar-refractivity contribution is 0.281. The van der Waals surface area contributed by atoms with Crippen LogP contribution in [0.4, 0.5) is 0 Å². The number of aryl methyl sites for hydroxylation is 1. The molecule has 0 bridgehead atoms. The Hall–Kier alpha value is -1.06. The first-order chi connectivity index (χ1) is 6.54. The molecular weight excluding hydrogens is 178 g/mol. The number of phenolic OH excluding ortho intramolecular Hbond substituents is 1. The molecule has 0 aliphatic heterocycles. The molecule has 0 unspecified atom stereocenters. The molecule has 78 valence electrons. The molecule has 0 aliphatic rings. The van der Waals surface area contributed by atoms with E-state index in [2.05, 4.69) is 0 Å². The summed E-state index contributed by atoms with van der Waals surface area (Å²) in [6, 6.07) is 3.64. The van der Waals surface area contributed by atoms with Crippen LogP contribution in [-0.2, 0) is 13.2 Å². The molecule has 0 heterocycles. The van der Waals surface area contributed by atoms with Crippen LogP contribution in [0.3, 0.4) is 0 Å². The molecule has 0 saturated heterocycles. The molecule has 1 aromatic rings. The predicted molar refractivity (Wildman–Crippen MR) is 56.2 cm³/mol. The Balaban J connectivity index is 3.07. The van der Waals surface area contributed by atoms with Gasteiger partial charge in [-0.05, 0) is 38.2 Å². The lowest BCUT2D eigenvalue weighted by Gasteiger charge is -2.14. The minimum Gasteiger partial charge on any atom is -0.507 e. The monoisotopic (exact) mass is 195 g/mol. The van der Waals surface area contributed by atoms with Gasteiger partial charge in [-0.3, -0.25) is 0 Å². The van der Waals surface area contributed by atoms with Gasteiger partial charge in [0.2, 0.25) is 0 Å². The number of aliphatic hydroxyl groups excluding tert-OH is 1. The molecule has 0 fully saturated rings. The Labute approximate surface area is 84.6 Å². The van der Waals surface area contributed by atoms with E-state index in [0.717, 1.165) is 16.7 Å². The molecule has 1 rings (SSSR count). The van der Waals surface area contributed by atoms with E-state index in [-0.39, 0.29) is 6.61 Å². The van der Waals surface area contributed by atoms with Crippen LogP contribution in [0.5, 0.6) is 5.75 Å². The number of nitrogens with zero attached hydrogens (tertiary/aromatic N) is 1. The Bertz CT molecular complexity index is 321. The van der Waals surface area contributed by atoms with Crippen molar-refractivity contribution in [1.29, 1.82) is 0 Å². The second kappa shape index (κ2) is 4.44. The number of hydrogen-bond acceptors (Lipinski definition) is 3. The molecule has 0 atom stereocenters. The van der Waals surface area contributed by atoms with Crippen molar-refractivity contribution in [2.75, 3.05) is 14.1 Å². The van der Waals surface area contributed by atoms with Gasteiger partial charge in [0.1, 0.15) is 5.75 Å². The number of aromatic hydroxyl groups is 1. The third kappa shape index (κ3) is 2.47. The normalized spacial score (nSPS) is 10.9. The highest BCUT2D eigenvalue weighted by atomic mass is 16.3. The number of benzene rings is 1. The molecule has 0 saturated carbocycles. The van der Waals surface area contributed by atoms with Gasteiger partial charge in [0.25, 0.3) is 0 Å². The van der Waals surface area contributed by atoms with E-state index < -0.39 is 0 Å². The molecule has 0 aromatic heterocycles. The average Bonchev–Trinajstić information content (AvgIpc) is 2.11. The summed E-state index contributed by atoms with van der Waals surface area (Å²) in [6.45, 7) is 2.54. The summed E-state index contributed by atoms with van der Waals surface area (Å²) < 4.78 is 0. The maximum Gasteiger partial charge on any atom is 0.122 e. The summed E-state index contributed by atoms with van der Waals surface area (Å²) in [5.41, 5.74) is 2.52. The molecule has 14 heavy (non-hydrogen) atoms. The van der Waals surface area contributed by atoms with Crippen LogP contribution in [0, 0.1) is 6.92 Å². The van der Waals surface area contributed by atoms with Crippen LogP contribution in [0.2, 0.25) is 0 Å². The van der Waals surface area contributed by atoms with E-state index in [1.807, 2.05) is 32.0 Å². The SMILES string of the molecule is Cc1cc(CO)cc(CN(C)C)c1O. The zero-order valence-electron chi connectivity index (χ0n) is 8.91. The second-order valence-electron chi connectivity index (χ2n) is 3.82. The van der Waals surface area contributed by atoms with Gasteiger partial charge < -0.3 is 15.1 Å². The predicted octanol–water partition coefficient (Wildman–Crippen LogP) is 1.25. The molecule has 3 heteroatoms. The Kier molecular flexibility index (Phi) is 3.49. The van der Waals surface area contributed by atoms with Gasteiger partial charge in [0.15, 0.2) is 0 Å². The number of rotatable bonds is 3. The minimum atomic E-state index is 0.0154. The summed E-state index contributed by atoms with van der Waals surface area (Å²) in [5.74, 6) is 0.330. The molecule has 2 N–H and O–H groups in total. The van der Waals surface area contributed by atoms with Crippen molar-refractivity contribution in [2.24, 2.45) is 0 Å². The third-order valence-electron chi connectivity index (χ3n) is 2.11. The summed E-state index contributed by atoms with van der Waals surface area (Å²) >= 11 is 0. The molecular formula is C11H17NO2. The molecule has 0 amide bonds. The molecule has 3 nitrogen and oxygen atoms in total. The Morgan fingerprint density at radius 1 is 1.29 bits per heavy atom. The fourth-order valence-corrected chi connectivity index (χ4v) is 1.49. The van der Waals surface area contributed by atoms with Crippen molar-refractivity contribution < 1.29 is 10.2 Å².